The van der Waals surface area contributed by atoms with E-state index in [4.69, 9.17) is 9.78 Å². The van der Waals surface area contributed by atoms with Gasteiger partial charge in [-0.2, -0.15) is 4.89 Å². The predicted octanol–water partition coefficient (Wildman–Crippen LogP) is 6.52. The molecule has 0 saturated carbocycles. The first-order valence-electron chi connectivity index (χ1n) is 9.51. The highest BCUT2D eigenvalue weighted by Crippen LogP contribution is 2.32. The molecule has 25 heavy (non-hydrogen) atoms. The van der Waals surface area contributed by atoms with Crippen molar-refractivity contribution >= 4 is 5.97 Å². The molecular weight excluding hydrogens is 312 g/mol. The number of rotatable bonds is 9. The van der Waals surface area contributed by atoms with Gasteiger partial charge >= 0.3 is 5.97 Å². The maximum atomic E-state index is 12.0. The van der Waals surface area contributed by atoms with Crippen LogP contribution in [0.5, 0.6) is 0 Å². The molecule has 1 aromatic carbocycles. The lowest BCUT2D eigenvalue weighted by Gasteiger charge is -2.27. The van der Waals surface area contributed by atoms with Crippen LogP contribution in [-0.2, 0) is 20.2 Å². The monoisotopic (exact) mass is 348 g/mol. The van der Waals surface area contributed by atoms with E-state index in [-0.39, 0.29) is 5.97 Å². The van der Waals surface area contributed by atoms with Crippen molar-refractivity contribution in [2.24, 2.45) is 5.41 Å². The van der Waals surface area contributed by atoms with Crippen LogP contribution in [0.15, 0.2) is 24.3 Å². The Labute approximate surface area is 154 Å². The van der Waals surface area contributed by atoms with Crippen LogP contribution in [0, 0.1) is 5.41 Å². The molecule has 3 heteroatoms. The van der Waals surface area contributed by atoms with Crippen LogP contribution in [0.1, 0.15) is 97.6 Å². The van der Waals surface area contributed by atoms with Crippen LogP contribution in [0.3, 0.4) is 0 Å². The fourth-order valence-electron chi connectivity index (χ4n) is 2.89. The summed E-state index contributed by atoms with van der Waals surface area (Å²) in [5, 5.41) is 0. The first-order chi connectivity index (χ1) is 11.5. The summed E-state index contributed by atoms with van der Waals surface area (Å²) in [6.45, 7) is 14.9. The highest BCUT2D eigenvalue weighted by atomic mass is 17.2. The Morgan fingerprint density at radius 1 is 1.00 bits per heavy atom. The lowest BCUT2D eigenvalue weighted by molar-refractivity contribution is -0.329. The second kappa shape index (κ2) is 9.38. The number of hydrogen-bond donors (Lipinski definition) is 0. The first kappa shape index (κ1) is 21.7. The highest BCUT2D eigenvalue weighted by Gasteiger charge is 2.28. The molecule has 0 N–H and O–H groups in total. The van der Waals surface area contributed by atoms with Gasteiger partial charge in [-0.25, -0.2) is 4.79 Å². The van der Waals surface area contributed by atoms with Gasteiger partial charge in [-0.3, -0.25) is 4.89 Å². The molecule has 0 fully saturated rings. The highest BCUT2D eigenvalue weighted by molar-refractivity contribution is 5.68. The SMILES string of the molecule is CC(C)c1ccccc1C(C)(C)OOC(=O)CCCCCC(C)(C)C. The predicted molar refractivity (Wildman–Crippen MR) is 103 cm³/mol. The van der Waals surface area contributed by atoms with Gasteiger partial charge in [-0.05, 0) is 49.1 Å². The summed E-state index contributed by atoms with van der Waals surface area (Å²) < 4.78 is 0. The van der Waals surface area contributed by atoms with Crippen molar-refractivity contribution in [2.75, 3.05) is 0 Å². The van der Waals surface area contributed by atoms with E-state index in [2.05, 4.69) is 40.7 Å². The van der Waals surface area contributed by atoms with Crippen molar-refractivity contribution in [1.29, 1.82) is 0 Å². The summed E-state index contributed by atoms with van der Waals surface area (Å²) in [6.07, 6.45) is 4.63. The number of unbranched alkanes of at least 4 members (excludes halogenated alkanes) is 2. The van der Waals surface area contributed by atoms with Crippen LogP contribution in [0.4, 0.5) is 0 Å². The van der Waals surface area contributed by atoms with Gasteiger partial charge < -0.3 is 0 Å². The molecule has 0 aromatic heterocycles. The summed E-state index contributed by atoms with van der Waals surface area (Å²) in [5.74, 6) is 0.100. The zero-order valence-electron chi connectivity index (χ0n) is 17.1. The largest absolute Gasteiger partial charge is 0.342 e. The van der Waals surface area contributed by atoms with E-state index in [0.717, 1.165) is 24.8 Å². The van der Waals surface area contributed by atoms with Crippen molar-refractivity contribution in [3.05, 3.63) is 35.4 Å². The fourth-order valence-corrected chi connectivity index (χ4v) is 2.89. The Morgan fingerprint density at radius 3 is 2.24 bits per heavy atom. The van der Waals surface area contributed by atoms with Crippen LogP contribution < -0.4 is 0 Å². The Hall–Kier alpha value is -1.35. The Balaban J connectivity index is 2.44. The summed E-state index contributed by atoms with van der Waals surface area (Å²) in [6, 6.07) is 8.15. The van der Waals surface area contributed by atoms with Crippen LogP contribution in [0.25, 0.3) is 0 Å². The van der Waals surface area contributed by atoms with Crippen molar-refractivity contribution in [3.8, 4) is 0 Å². The quantitative estimate of drug-likeness (QED) is 0.289. The molecule has 0 spiro atoms. The van der Waals surface area contributed by atoms with Gasteiger partial charge in [0.05, 0.1) is 0 Å². The second-order valence-electron chi connectivity index (χ2n) is 8.91. The molecule has 1 rings (SSSR count). The molecule has 0 aliphatic rings. The molecule has 1 aromatic rings. The molecule has 0 aliphatic heterocycles. The third-order valence-corrected chi connectivity index (χ3v) is 4.38. The van der Waals surface area contributed by atoms with E-state index in [0.29, 0.717) is 17.8 Å². The molecule has 3 nitrogen and oxygen atoms in total. The molecule has 0 radical (unpaired) electrons. The minimum Gasteiger partial charge on any atom is -0.297 e. The van der Waals surface area contributed by atoms with E-state index in [1.807, 2.05) is 32.0 Å². The molecule has 0 unspecified atom stereocenters. The molecule has 0 atom stereocenters. The average molecular weight is 349 g/mol. The Bertz CT molecular complexity index is 538. The lowest BCUT2D eigenvalue weighted by atomic mass is 9.88. The molecule has 0 heterocycles. The number of hydrogen-bond acceptors (Lipinski definition) is 3. The smallest absolute Gasteiger partial charge is 0.297 e. The zero-order valence-corrected chi connectivity index (χ0v) is 17.1. The topological polar surface area (TPSA) is 35.5 Å². The summed E-state index contributed by atoms with van der Waals surface area (Å²) in [5.41, 5.74) is 1.97. The Morgan fingerprint density at radius 2 is 1.64 bits per heavy atom. The lowest BCUT2D eigenvalue weighted by Crippen LogP contribution is -2.25. The molecular formula is C22H36O3. The average Bonchev–Trinajstić information content (AvgIpc) is 2.51. The molecule has 142 valence electrons. The molecule has 0 amide bonds. The summed E-state index contributed by atoms with van der Waals surface area (Å²) >= 11 is 0. The number of benzene rings is 1. The van der Waals surface area contributed by atoms with Crippen molar-refractivity contribution in [3.63, 3.8) is 0 Å². The second-order valence-corrected chi connectivity index (χ2v) is 8.91. The summed E-state index contributed by atoms with van der Waals surface area (Å²) in [7, 11) is 0. The fraction of sp³-hybridized carbons (Fsp3) is 0.682. The van der Waals surface area contributed by atoms with Gasteiger partial charge in [-0.15, -0.1) is 0 Å². The zero-order chi connectivity index (χ0) is 19.1. The molecule has 0 aliphatic carbocycles. The van der Waals surface area contributed by atoms with E-state index < -0.39 is 5.60 Å². The maximum absolute atomic E-state index is 12.0. The van der Waals surface area contributed by atoms with E-state index in [1.165, 1.54) is 12.0 Å². The van der Waals surface area contributed by atoms with Crippen molar-refractivity contribution in [1.82, 2.24) is 0 Å². The van der Waals surface area contributed by atoms with Gasteiger partial charge in [0.1, 0.15) is 5.60 Å². The number of carbonyl (C=O) groups is 1. The molecule has 0 bridgehead atoms. The van der Waals surface area contributed by atoms with Crippen LogP contribution in [-0.4, -0.2) is 5.97 Å². The van der Waals surface area contributed by atoms with Gasteiger partial charge in [-0.1, -0.05) is 71.7 Å². The van der Waals surface area contributed by atoms with Gasteiger partial charge in [0.2, 0.25) is 0 Å². The third-order valence-electron chi connectivity index (χ3n) is 4.38. The molecule has 0 saturated heterocycles. The number of carbonyl (C=O) groups excluding carboxylic acids is 1. The van der Waals surface area contributed by atoms with Gasteiger partial charge in [0.25, 0.3) is 0 Å². The van der Waals surface area contributed by atoms with Crippen molar-refractivity contribution in [2.45, 2.75) is 92.1 Å². The maximum Gasteiger partial charge on any atom is 0.342 e. The first-order valence-corrected chi connectivity index (χ1v) is 9.51. The normalized spacial score (nSPS) is 12.5. The van der Waals surface area contributed by atoms with Gasteiger partial charge in [0, 0.05) is 6.42 Å². The van der Waals surface area contributed by atoms with Crippen molar-refractivity contribution < 1.29 is 14.6 Å². The minimum atomic E-state index is -0.664. The third kappa shape index (κ3) is 8.04. The van der Waals surface area contributed by atoms with E-state index in [9.17, 15) is 4.79 Å². The van der Waals surface area contributed by atoms with E-state index >= 15 is 0 Å². The minimum absolute atomic E-state index is 0.286. The standard InChI is InChI=1S/C22H36O3/c1-17(2)18-13-10-11-14-19(18)22(6,7)25-24-20(23)15-9-8-12-16-21(3,4)5/h10-11,13-14,17H,8-9,12,15-16H2,1-7H3. The van der Waals surface area contributed by atoms with Crippen LogP contribution >= 0.6 is 0 Å². The van der Waals surface area contributed by atoms with E-state index in [1.54, 1.807) is 0 Å². The Kier molecular flexibility index (Phi) is 8.14. The van der Waals surface area contributed by atoms with Crippen LogP contribution in [0.2, 0.25) is 0 Å². The summed E-state index contributed by atoms with van der Waals surface area (Å²) in [4.78, 5) is 22.6. The van der Waals surface area contributed by atoms with Gasteiger partial charge in [0.15, 0.2) is 0 Å².